The van der Waals surface area contributed by atoms with Gasteiger partial charge in [-0.1, -0.05) is 6.07 Å². The predicted molar refractivity (Wildman–Crippen MR) is 78.4 cm³/mol. The molecule has 3 aromatic rings. The van der Waals surface area contributed by atoms with E-state index in [9.17, 15) is 4.39 Å². The highest BCUT2D eigenvalue weighted by molar-refractivity contribution is 5.86. The van der Waals surface area contributed by atoms with Gasteiger partial charge in [0.15, 0.2) is 0 Å². The zero-order valence-corrected chi connectivity index (χ0v) is 11.6. The highest BCUT2D eigenvalue weighted by atomic mass is 19.1. The molecule has 0 aliphatic carbocycles. The van der Waals surface area contributed by atoms with Gasteiger partial charge in [-0.2, -0.15) is 0 Å². The molecule has 21 heavy (non-hydrogen) atoms. The summed E-state index contributed by atoms with van der Waals surface area (Å²) in [7, 11) is 1.51. The number of rotatable bonds is 2. The SMILES string of the molecule is COc1cccc(F)c1-c1cc(C)c2nc(N)nnc2c1. The van der Waals surface area contributed by atoms with Crippen LogP contribution in [0.5, 0.6) is 5.75 Å². The monoisotopic (exact) mass is 284 g/mol. The largest absolute Gasteiger partial charge is 0.496 e. The second kappa shape index (κ2) is 4.97. The number of fused-ring (bicyclic) bond motifs is 1. The maximum absolute atomic E-state index is 14.2. The van der Waals surface area contributed by atoms with Gasteiger partial charge in [-0.15, -0.1) is 10.2 Å². The Morgan fingerprint density at radius 3 is 2.76 bits per heavy atom. The number of nitrogen functional groups attached to an aromatic ring is 1. The van der Waals surface area contributed by atoms with Gasteiger partial charge in [-0.3, -0.25) is 0 Å². The van der Waals surface area contributed by atoms with Crippen molar-refractivity contribution in [1.82, 2.24) is 15.2 Å². The second-order valence-electron chi connectivity index (χ2n) is 4.65. The Labute approximate surface area is 120 Å². The fourth-order valence-electron chi connectivity index (χ4n) is 2.32. The summed E-state index contributed by atoms with van der Waals surface area (Å²) in [5, 5.41) is 7.75. The molecule has 0 bridgehead atoms. The fourth-order valence-corrected chi connectivity index (χ4v) is 2.32. The van der Waals surface area contributed by atoms with Gasteiger partial charge in [-0.05, 0) is 42.3 Å². The summed E-state index contributed by atoms with van der Waals surface area (Å²) in [6.45, 7) is 1.87. The number of nitrogens with two attached hydrogens (primary N) is 1. The number of methoxy groups -OCH3 is 1. The maximum atomic E-state index is 14.2. The Balaban J connectivity index is 2.29. The molecule has 0 saturated carbocycles. The minimum absolute atomic E-state index is 0.113. The first-order valence-corrected chi connectivity index (χ1v) is 6.33. The van der Waals surface area contributed by atoms with Gasteiger partial charge in [0.2, 0.25) is 5.95 Å². The molecule has 2 N–H and O–H groups in total. The molecule has 6 heteroatoms. The molecule has 0 radical (unpaired) electrons. The number of hydrogen-bond acceptors (Lipinski definition) is 5. The molecule has 0 fully saturated rings. The molecule has 0 unspecified atom stereocenters. The van der Waals surface area contributed by atoms with Crippen LogP contribution in [0.1, 0.15) is 5.56 Å². The minimum atomic E-state index is -0.357. The van der Waals surface area contributed by atoms with Crippen LogP contribution in [-0.2, 0) is 0 Å². The topological polar surface area (TPSA) is 73.9 Å². The van der Waals surface area contributed by atoms with Gasteiger partial charge in [0, 0.05) is 0 Å². The maximum Gasteiger partial charge on any atom is 0.240 e. The first kappa shape index (κ1) is 13.2. The molecule has 0 saturated heterocycles. The van der Waals surface area contributed by atoms with Crippen LogP contribution in [0, 0.1) is 12.7 Å². The van der Waals surface area contributed by atoms with E-state index in [1.54, 1.807) is 18.2 Å². The second-order valence-corrected chi connectivity index (χ2v) is 4.65. The average Bonchev–Trinajstić information content (AvgIpc) is 2.47. The molecule has 1 heterocycles. The van der Waals surface area contributed by atoms with E-state index < -0.39 is 0 Å². The molecule has 0 atom stereocenters. The number of ether oxygens (including phenoxy) is 1. The lowest BCUT2D eigenvalue weighted by molar-refractivity contribution is 0.413. The van der Waals surface area contributed by atoms with Gasteiger partial charge >= 0.3 is 0 Å². The first-order chi connectivity index (χ1) is 10.1. The lowest BCUT2D eigenvalue weighted by Gasteiger charge is -2.11. The number of anilines is 1. The van der Waals surface area contributed by atoms with Crippen LogP contribution in [-0.4, -0.2) is 22.3 Å². The molecule has 1 aromatic heterocycles. The quantitative estimate of drug-likeness (QED) is 0.783. The van der Waals surface area contributed by atoms with Crippen molar-refractivity contribution >= 4 is 17.0 Å². The summed E-state index contributed by atoms with van der Waals surface area (Å²) in [5.74, 6) is 0.219. The van der Waals surface area contributed by atoms with Crippen molar-refractivity contribution in [3.05, 3.63) is 41.7 Å². The van der Waals surface area contributed by atoms with Crippen molar-refractivity contribution in [2.75, 3.05) is 12.8 Å². The number of nitrogens with zero attached hydrogens (tertiary/aromatic N) is 3. The lowest BCUT2D eigenvalue weighted by Crippen LogP contribution is -2.00. The Morgan fingerprint density at radius 1 is 1.19 bits per heavy atom. The third kappa shape index (κ3) is 2.24. The Morgan fingerprint density at radius 2 is 2.00 bits per heavy atom. The summed E-state index contributed by atoms with van der Waals surface area (Å²) in [6, 6.07) is 8.27. The van der Waals surface area contributed by atoms with E-state index in [0.29, 0.717) is 27.9 Å². The summed E-state index contributed by atoms with van der Waals surface area (Å²) in [6.07, 6.45) is 0. The summed E-state index contributed by atoms with van der Waals surface area (Å²) < 4.78 is 19.4. The van der Waals surface area contributed by atoms with Crippen LogP contribution in [0.25, 0.3) is 22.2 Å². The molecule has 5 nitrogen and oxygen atoms in total. The Kier molecular flexibility index (Phi) is 3.13. The Bertz CT molecular complexity index is 835. The fraction of sp³-hybridized carbons (Fsp3) is 0.133. The third-order valence-electron chi connectivity index (χ3n) is 3.25. The molecular weight excluding hydrogens is 271 g/mol. The van der Waals surface area contributed by atoms with Gasteiger partial charge in [0.1, 0.15) is 17.1 Å². The zero-order valence-electron chi connectivity index (χ0n) is 11.6. The van der Waals surface area contributed by atoms with E-state index in [-0.39, 0.29) is 11.8 Å². The van der Waals surface area contributed by atoms with Gasteiger partial charge < -0.3 is 10.5 Å². The smallest absolute Gasteiger partial charge is 0.240 e. The van der Waals surface area contributed by atoms with Gasteiger partial charge in [0.05, 0.1) is 18.2 Å². The van der Waals surface area contributed by atoms with E-state index in [4.69, 9.17) is 10.5 Å². The number of aromatic nitrogens is 3. The van der Waals surface area contributed by atoms with E-state index in [1.165, 1.54) is 13.2 Å². The van der Waals surface area contributed by atoms with Crippen LogP contribution < -0.4 is 10.5 Å². The summed E-state index contributed by atoms with van der Waals surface area (Å²) >= 11 is 0. The molecule has 2 aromatic carbocycles. The normalized spacial score (nSPS) is 10.8. The van der Waals surface area contributed by atoms with Gasteiger partial charge in [-0.25, -0.2) is 9.37 Å². The van der Waals surface area contributed by atoms with Crippen LogP contribution in [0.4, 0.5) is 10.3 Å². The van der Waals surface area contributed by atoms with Gasteiger partial charge in [0.25, 0.3) is 0 Å². The molecular formula is C15H13FN4O. The highest BCUT2D eigenvalue weighted by Gasteiger charge is 2.14. The van der Waals surface area contributed by atoms with Crippen molar-refractivity contribution in [2.24, 2.45) is 0 Å². The highest BCUT2D eigenvalue weighted by Crippen LogP contribution is 2.34. The van der Waals surface area contributed by atoms with E-state index in [2.05, 4.69) is 15.2 Å². The lowest BCUT2D eigenvalue weighted by atomic mass is 10.0. The van der Waals surface area contributed by atoms with Crippen molar-refractivity contribution in [2.45, 2.75) is 6.92 Å². The predicted octanol–water partition coefficient (Wildman–Crippen LogP) is 2.73. The van der Waals surface area contributed by atoms with Crippen molar-refractivity contribution in [1.29, 1.82) is 0 Å². The average molecular weight is 284 g/mol. The van der Waals surface area contributed by atoms with Crippen LogP contribution in [0.3, 0.4) is 0 Å². The molecule has 3 rings (SSSR count). The van der Waals surface area contributed by atoms with E-state index in [1.807, 2.05) is 13.0 Å². The summed E-state index contributed by atoms with van der Waals surface area (Å²) in [4.78, 5) is 4.15. The first-order valence-electron chi connectivity index (χ1n) is 6.33. The number of benzene rings is 2. The molecule has 0 amide bonds. The number of halogens is 1. The van der Waals surface area contributed by atoms with Crippen LogP contribution >= 0.6 is 0 Å². The van der Waals surface area contributed by atoms with Crippen LogP contribution in [0.2, 0.25) is 0 Å². The number of aryl methyl sites for hydroxylation is 1. The molecule has 106 valence electrons. The van der Waals surface area contributed by atoms with Crippen LogP contribution in [0.15, 0.2) is 30.3 Å². The number of hydrogen-bond donors (Lipinski definition) is 1. The van der Waals surface area contributed by atoms with E-state index in [0.717, 1.165) is 5.56 Å². The molecule has 0 aliphatic heterocycles. The standard InChI is InChI=1S/C15H13FN4O/c1-8-6-9(7-11-14(8)18-15(17)20-19-11)13-10(16)4-3-5-12(13)21-2/h3-7H,1-2H3,(H2,17,18,20). The van der Waals surface area contributed by atoms with Crippen molar-refractivity contribution in [3.8, 4) is 16.9 Å². The van der Waals surface area contributed by atoms with E-state index >= 15 is 0 Å². The Hall–Kier alpha value is -2.76. The minimum Gasteiger partial charge on any atom is -0.496 e. The van der Waals surface area contributed by atoms with Crippen molar-refractivity contribution in [3.63, 3.8) is 0 Å². The summed E-state index contributed by atoms with van der Waals surface area (Å²) in [5.41, 5.74) is 8.66. The van der Waals surface area contributed by atoms with Crippen molar-refractivity contribution < 1.29 is 9.13 Å². The third-order valence-corrected chi connectivity index (χ3v) is 3.25. The zero-order chi connectivity index (χ0) is 15.0. The molecule has 0 aliphatic rings. The molecule has 0 spiro atoms.